The third-order valence-corrected chi connectivity index (χ3v) is 2.51. The highest BCUT2D eigenvalue weighted by atomic mass is 16.6. The van der Waals surface area contributed by atoms with E-state index in [4.69, 9.17) is 4.74 Å². The van der Waals surface area contributed by atoms with Gasteiger partial charge in [0.25, 0.3) is 5.56 Å². The number of H-pyrrole nitrogens is 1. The van der Waals surface area contributed by atoms with E-state index in [0.29, 0.717) is 0 Å². The molecular formula is C10H9NO6. The van der Waals surface area contributed by atoms with Gasteiger partial charge in [-0.1, -0.05) is 0 Å². The van der Waals surface area contributed by atoms with E-state index in [1.807, 2.05) is 0 Å². The van der Waals surface area contributed by atoms with Crippen LogP contribution in [0.15, 0.2) is 4.79 Å². The van der Waals surface area contributed by atoms with Crippen molar-refractivity contribution in [1.82, 2.24) is 4.98 Å². The monoisotopic (exact) mass is 239 g/mol. The Balaban J connectivity index is 2.76. The van der Waals surface area contributed by atoms with E-state index in [1.165, 1.54) is 6.92 Å². The maximum atomic E-state index is 11.5. The molecule has 0 amide bonds. The topological polar surface area (TPSA) is 106 Å². The molecule has 2 heterocycles. The van der Waals surface area contributed by atoms with Crippen LogP contribution in [0.3, 0.4) is 0 Å². The second-order valence-electron chi connectivity index (χ2n) is 3.51. The number of carbonyl (C=O) groups is 2. The Labute approximate surface area is 95.0 Å². The lowest BCUT2D eigenvalue weighted by Gasteiger charge is -2.07. The Hall–Kier alpha value is -2.31. The lowest BCUT2D eigenvalue weighted by molar-refractivity contribution is 0.0416. The zero-order valence-corrected chi connectivity index (χ0v) is 9.07. The number of methoxy groups -OCH3 is 1. The van der Waals surface area contributed by atoms with E-state index >= 15 is 0 Å². The number of pyridine rings is 1. The smallest absolute Gasteiger partial charge is 0.356 e. The molecule has 0 fully saturated rings. The minimum absolute atomic E-state index is 0.0926. The Morgan fingerprint density at radius 3 is 2.71 bits per heavy atom. The van der Waals surface area contributed by atoms with Gasteiger partial charge in [-0.25, -0.2) is 9.59 Å². The summed E-state index contributed by atoms with van der Waals surface area (Å²) in [5.74, 6) is -2.29. The maximum absolute atomic E-state index is 11.5. The molecule has 17 heavy (non-hydrogen) atoms. The number of aromatic amines is 1. The molecule has 0 bridgehead atoms. The summed E-state index contributed by atoms with van der Waals surface area (Å²) >= 11 is 0. The lowest BCUT2D eigenvalue weighted by Crippen LogP contribution is -2.22. The molecule has 0 saturated carbocycles. The molecule has 7 nitrogen and oxygen atoms in total. The molecule has 7 heteroatoms. The van der Waals surface area contributed by atoms with Gasteiger partial charge < -0.3 is 19.6 Å². The molecule has 0 aromatic carbocycles. The van der Waals surface area contributed by atoms with Crippen molar-refractivity contribution in [2.24, 2.45) is 0 Å². The van der Waals surface area contributed by atoms with Gasteiger partial charge in [-0.3, -0.25) is 4.79 Å². The normalized spacial score (nSPS) is 17.5. The Bertz CT molecular complexity index is 573. The van der Waals surface area contributed by atoms with Crippen molar-refractivity contribution in [2.45, 2.75) is 13.0 Å². The summed E-state index contributed by atoms with van der Waals surface area (Å²) in [6.45, 7) is 1.52. The molecule has 1 atom stereocenters. The lowest BCUT2D eigenvalue weighted by atomic mass is 10.1. The van der Waals surface area contributed by atoms with Gasteiger partial charge in [0.1, 0.15) is 17.5 Å². The average Bonchev–Trinajstić information content (AvgIpc) is 2.54. The summed E-state index contributed by atoms with van der Waals surface area (Å²) < 4.78 is 9.19. The highest BCUT2D eigenvalue weighted by Gasteiger charge is 2.35. The number of ether oxygens (including phenoxy) is 2. The SMILES string of the molecule is COC(=O)c1c(O)c2c([nH]c1=O)C(=O)O[C@@H]2C. The van der Waals surface area contributed by atoms with Crippen LogP contribution in [-0.2, 0) is 9.47 Å². The quantitative estimate of drug-likeness (QED) is 0.673. The van der Waals surface area contributed by atoms with E-state index in [0.717, 1.165) is 7.11 Å². The molecule has 0 saturated heterocycles. The third kappa shape index (κ3) is 1.47. The first-order chi connectivity index (χ1) is 7.97. The number of carbonyl (C=O) groups excluding carboxylic acids is 2. The number of aromatic hydroxyl groups is 1. The number of hydrogen-bond acceptors (Lipinski definition) is 6. The van der Waals surface area contributed by atoms with Gasteiger partial charge in [0.2, 0.25) is 0 Å². The molecule has 0 radical (unpaired) electrons. The molecule has 1 aliphatic heterocycles. The highest BCUT2D eigenvalue weighted by molar-refractivity contribution is 5.97. The predicted octanol–water partition coefficient (Wildman–Crippen LogP) is 0.0985. The minimum atomic E-state index is -0.974. The van der Waals surface area contributed by atoms with Gasteiger partial charge in [-0.15, -0.1) is 0 Å². The Morgan fingerprint density at radius 2 is 2.12 bits per heavy atom. The zero-order chi connectivity index (χ0) is 12.7. The van der Waals surface area contributed by atoms with Gasteiger partial charge in [0.05, 0.1) is 12.7 Å². The van der Waals surface area contributed by atoms with Gasteiger partial charge in [0.15, 0.2) is 5.56 Å². The van der Waals surface area contributed by atoms with Crippen LogP contribution in [0.25, 0.3) is 0 Å². The zero-order valence-electron chi connectivity index (χ0n) is 9.07. The molecule has 1 aromatic rings. The molecular weight excluding hydrogens is 230 g/mol. The van der Waals surface area contributed by atoms with Crippen LogP contribution in [0.5, 0.6) is 5.75 Å². The predicted molar refractivity (Wildman–Crippen MR) is 53.9 cm³/mol. The maximum Gasteiger partial charge on any atom is 0.356 e. The highest BCUT2D eigenvalue weighted by Crippen LogP contribution is 2.36. The molecule has 0 spiro atoms. The number of rotatable bonds is 1. The fourth-order valence-electron chi connectivity index (χ4n) is 1.73. The van der Waals surface area contributed by atoms with Crippen LogP contribution in [0, 0.1) is 0 Å². The van der Waals surface area contributed by atoms with Crippen molar-refractivity contribution in [3.63, 3.8) is 0 Å². The molecule has 1 aliphatic rings. The van der Waals surface area contributed by atoms with Gasteiger partial charge in [-0.05, 0) is 6.92 Å². The average molecular weight is 239 g/mol. The molecule has 2 N–H and O–H groups in total. The van der Waals surface area contributed by atoms with Crippen LogP contribution < -0.4 is 5.56 Å². The molecule has 2 rings (SSSR count). The number of cyclic esters (lactones) is 1. The third-order valence-electron chi connectivity index (χ3n) is 2.51. The summed E-state index contributed by atoms with van der Waals surface area (Å²) in [5.41, 5.74) is -1.46. The fraction of sp³-hybridized carbons (Fsp3) is 0.300. The number of fused-ring (bicyclic) bond motifs is 1. The molecule has 90 valence electrons. The van der Waals surface area contributed by atoms with E-state index in [-0.39, 0.29) is 11.3 Å². The second-order valence-corrected chi connectivity index (χ2v) is 3.51. The number of esters is 2. The molecule has 0 aliphatic carbocycles. The van der Waals surface area contributed by atoms with Crippen molar-refractivity contribution in [3.05, 3.63) is 27.2 Å². The van der Waals surface area contributed by atoms with Gasteiger partial charge in [-0.2, -0.15) is 0 Å². The van der Waals surface area contributed by atoms with Gasteiger partial charge in [0, 0.05) is 0 Å². The van der Waals surface area contributed by atoms with Crippen LogP contribution in [0.1, 0.15) is 39.4 Å². The van der Waals surface area contributed by atoms with Gasteiger partial charge >= 0.3 is 11.9 Å². The largest absolute Gasteiger partial charge is 0.506 e. The van der Waals surface area contributed by atoms with Crippen molar-refractivity contribution in [2.75, 3.05) is 7.11 Å². The van der Waals surface area contributed by atoms with E-state index in [9.17, 15) is 19.5 Å². The van der Waals surface area contributed by atoms with Crippen molar-refractivity contribution in [3.8, 4) is 5.75 Å². The summed E-state index contributed by atoms with van der Waals surface area (Å²) in [7, 11) is 1.08. The molecule has 0 unspecified atom stereocenters. The molecule has 1 aromatic heterocycles. The van der Waals surface area contributed by atoms with E-state index < -0.39 is 34.9 Å². The summed E-state index contributed by atoms with van der Waals surface area (Å²) in [6, 6.07) is 0. The second kappa shape index (κ2) is 3.62. The minimum Gasteiger partial charge on any atom is -0.506 e. The van der Waals surface area contributed by atoms with Crippen LogP contribution in [-0.4, -0.2) is 29.1 Å². The summed E-state index contributed by atoms with van der Waals surface area (Å²) in [6.07, 6.45) is -0.724. The van der Waals surface area contributed by atoms with Crippen molar-refractivity contribution < 1.29 is 24.2 Å². The van der Waals surface area contributed by atoms with Crippen LogP contribution in [0.2, 0.25) is 0 Å². The number of nitrogens with one attached hydrogen (secondary N) is 1. The van der Waals surface area contributed by atoms with Crippen LogP contribution >= 0.6 is 0 Å². The van der Waals surface area contributed by atoms with Crippen molar-refractivity contribution >= 4 is 11.9 Å². The Kier molecular flexibility index (Phi) is 2.38. The Morgan fingerprint density at radius 1 is 1.47 bits per heavy atom. The summed E-state index contributed by atoms with van der Waals surface area (Å²) in [4.78, 5) is 36.4. The van der Waals surface area contributed by atoms with Crippen molar-refractivity contribution in [1.29, 1.82) is 0 Å². The first-order valence-electron chi connectivity index (χ1n) is 4.75. The van der Waals surface area contributed by atoms with Crippen LogP contribution in [0.4, 0.5) is 0 Å². The first-order valence-corrected chi connectivity index (χ1v) is 4.75. The van der Waals surface area contributed by atoms with E-state index in [2.05, 4.69) is 9.72 Å². The number of aromatic nitrogens is 1. The number of hydrogen-bond donors (Lipinski definition) is 2. The summed E-state index contributed by atoms with van der Waals surface area (Å²) in [5, 5.41) is 9.83. The standard InChI is InChI=1S/C10H9NO6/c1-3-4-6(10(15)17-3)11-8(13)5(7(4)12)9(14)16-2/h3H,1-2H3,(H2,11,12,13)/t3-/m1/s1. The first kappa shape index (κ1) is 11.2. The van der Waals surface area contributed by atoms with E-state index in [1.54, 1.807) is 0 Å². The fourth-order valence-corrected chi connectivity index (χ4v) is 1.73.